The Balaban J connectivity index is 1.78. The number of benzene rings is 1. The minimum atomic E-state index is 0.455. The maximum Gasteiger partial charge on any atom is 0.188 e. The molecule has 1 aromatic carbocycles. The number of guanidine groups is 1. The molecule has 0 amide bonds. The molecule has 3 nitrogen and oxygen atoms in total. The number of hydrogen-bond acceptors (Lipinski definition) is 2. The molecule has 0 spiro atoms. The van der Waals surface area contributed by atoms with Gasteiger partial charge in [-0.3, -0.25) is 0 Å². The van der Waals surface area contributed by atoms with Crippen LogP contribution in [-0.2, 0) is 13.0 Å². The number of nitrogens with one attached hydrogen (secondary N) is 1. The summed E-state index contributed by atoms with van der Waals surface area (Å²) in [5, 5.41) is 5.90. The van der Waals surface area contributed by atoms with Crippen molar-refractivity contribution in [3.8, 4) is 0 Å². The topological polar surface area (TPSA) is 50.4 Å². The first-order chi connectivity index (χ1) is 9.25. The molecule has 0 saturated carbocycles. The van der Waals surface area contributed by atoms with Gasteiger partial charge >= 0.3 is 0 Å². The van der Waals surface area contributed by atoms with Crippen molar-refractivity contribution in [1.82, 2.24) is 5.32 Å². The molecule has 0 fully saturated rings. The molecule has 100 valence electrons. The van der Waals surface area contributed by atoms with E-state index in [-0.39, 0.29) is 0 Å². The average molecular weight is 294 g/mol. The van der Waals surface area contributed by atoms with Crippen LogP contribution in [0.2, 0.25) is 5.02 Å². The van der Waals surface area contributed by atoms with E-state index in [0.717, 1.165) is 23.6 Å². The molecule has 5 heteroatoms. The van der Waals surface area contributed by atoms with Gasteiger partial charge in [-0.15, -0.1) is 11.3 Å². The first kappa shape index (κ1) is 13.9. The number of nitrogens with zero attached hydrogens (tertiary/aromatic N) is 1. The van der Waals surface area contributed by atoms with E-state index in [1.165, 1.54) is 4.88 Å². The number of thiophene rings is 1. The Bertz CT molecular complexity index is 537. The highest BCUT2D eigenvalue weighted by atomic mass is 35.5. The summed E-state index contributed by atoms with van der Waals surface area (Å²) in [6.45, 7) is 1.29. The van der Waals surface area contributed by atoms with Crippen molar-refractivity contribution in [2.45, 2.75) is 13.0 Å². The molecule has 0 unspecified atom stereocenters. The summed E-state index contributed by atoms with van der Waals surface area (Å²) < 4.78 is 0. The molecule has 0 aliphatic heterocycles. The lowest BCUT2D eigenvalue weighted by atomic mass is 10.2. The lowest BCUT2D eigenvalue weighted by molar-refractivity contribution is 0.857. The van der Waals surface area contributed by atoms with Crippen LogP contribution >= 0.6 is 22.9 Å². The first-order valence-corrected chi connectivity index (χ1v) is 7.31. The first-order valence-electron chi connectivity index (χ1n) is 6.05. The summed E-state index contributed by atoms with van der Waals surface area (Å²) in [4.78, 5) is 5.62. The van der Waals surface area contributed by atoms with E-state index in [9.17, 15) is 0 Å². The van der Waals surface area contributed by atoms with Gasteiger partial charge in [0.15, 0.2) is 5.96 Å². The highest BCUT2D eigenvalue weighted by molar-refractivity contribution is 7.09. The third-order valence-corrected chi connectivity index (χ3v) is 3.94. The molecule has 0 atom stereocenters. The van der Waals surface area contributed by atoms with Crippen molar-refractivity contribution in [1.29, 1.82) is 0 Å². The van der Waals surface area contributed by atoms with Gasteiger partial charge in [0.25, 0.3) is 0 Å². The zero-order chi connectivity index (χ0) is 13.5. The predicted octanol–water partition coefficient (Wildman–Crippen LogP) is 3.05. The zero-order valence-corrected chi connectivity index (χ0v) is 12.0. The second-order valence-electron chi connectivity index (χ2n) is 4.05. The van der Waals surface area contributed by atoms with Crippen LogP contribution in [0.5, 0.6) is 0 Å². The fourth-order valence-electron chi connectivity index (χ4n) is 1.62. The van der Waals surface area contributed by atoms with Gasteiger partial charge < -0.3 is 11.1 Å². The van der Waals surface area contributed by atoms with Crippen LogP contribution in [0.25, 0.3) is 0 Å². The molecule has 0 saturated heterocycles. The van der Waals surface area contributed by atoms with Gasteiger partial charge in [-0.1, -0.05) is 35.9 Å². The van der Waals surface area contributed by atoms with Crippen LogP contribution in [0.15, 0.2) is 46.8 Å². The smallest absolute Gasteiger partial charge is 0.188 e. The SMILES string of the molecule is NC(=NCc1ccccc1Cl)NCCc1cccs1. The molecule has 0 aliphatic carbocycles. The Morgan fingerprint density at radius 1 is 1.26 bits per heavy atom. The van der Waals surface area contributed by atoms with E-state index in [4.69, 9.17) is 17.3 Å². The van der Waals surface area contributed by atoms with Crippen LogP contribution in [0.1, 0.15) is 10.4 Å². The van der Waals surface area contributed by atoms with Gasteiger partial charge in [-0.2, -0.15) is 0 Å². The third-order valence-electron chi connectivity index (χ3n) is 2.64. The third kappa shape index (κ3) is 4.58. The molecule has 0 bridgehead atoms. The zero-order valence-electron chi connectivity index (χ0n) is 10.5. The van der Waals surface area contributed by atoms with Gasteiger partial charge in [0.2, 0.25) is 0 Å². The predicted molar refractivity (Wildman–Crippen MR) is 82.8 cm³/mol. The fourth-order valence-corrected chi connectivity index (χ4v) is 2.53. The maximum atomic E-state index is 6.05. The summed E-state index contributed by atoms with van der Waals surface area (Å²) in [5.74, 6) is 0.455. The average Bonchev–Trinajstić information content (AvgIpc) is 2.91. The van der Waals surface area contributed by atoms with Crippen molar-refractivity contribution in [2.24, 2.45) is 10.7 Å². The summed E-state index contributed by atoms with van der Waals surface area (Å²) in [5.41, 5.74) is 6.79. The van der Waals surface area contributed by atoms with Crippen LogP contribution in [0.4, 0.5) is 0 Å². The van der Waals surface area contributed by atoms with E-state index in [1.807, 2.05) is 24.3 Å². The summed E-state index contributed by atoms with van der Waals surface area (Å²) in [6.07, 6.45) is 0.958. The molecule has 3 N–H and O–H groups in total. The number of aliphatic imine (C=N–C) groups is 1. The normalized spacial score (nSPS) is 11.5. The Kier molecular flexibility index (Phi) is 5.24. The second-order valence-corrected chi connectivity index (χ2v) is 5.49. The van der Waals surface area contributed by atoms with E-state index >= 15 is 0 Å². The highest BCUT2D eigenvalue weighted by Crippen LogP contribution is 2.15. The standard InChI is InChI=1S/C14H16ClN3S/c15-13-6-2-1-4-11(13)10-18-14(16)17-8-7-12-5-3-9-19-12/h1-6,9H,7-8,10H2,(H3,16,17,18). The maximum absolute atomic E-state index is 6.05. The van der Waals surface area contributed by atoms with Crippen molar-refractivity contribution < 1.29 is 0 Å². The summed E-state index contributed by atoms with van der Waals surface area (Å²) in [6, 6.07) is 11.8. The van der Waals surface area contributed by atoms with Crippen LogP contribution in [-0.4, -0.2) is 12.5 Å². The molecule has 0 aliphatic rings. The number of halogens is 1. The molecular weight excluding hydrogens is 278 g/mol. The second kappa shape index (κ2) is 7.16. The van der Waals surface area contributed by atoms with Crippen LogP contribution in [0, 0.1) is 0 Å². The summed E-state index contributed by atoms with van der Waals surface area (Å²) in [7, 11) is 0. The molecule has 2 aromatic rings. The van der Waals surface area contributed by atoms with Crippen molar-refractivity contribution in [2.75, 3.05) is 6.54 Å². The number of hydrogen-bond donors (Lipinski definition) is 2. The van der Waals surface area contributed by atoms with E-state index < -0.39 is 0 Å². The number of rotatable bonds is 5. The van der Waals surface area contributed by atoms with Gasteiger partial charge in [0.05, 0.1) is 6.54 Å². The lowest BCUT2D eigenvalue weighted by Crippen LogP contribution is -2.33. The molecule has 2 rings (SSSR count). The summed E-state index contributed by atoms with van der Waals surface area (Å²) >= 11 is 7.80. The van der Waals surface area contributed by atoms with Gasteiger partial charge in [0, 0.05) is 16.4 Å². The van der Waals surface area contributed by atoms with E-state index in [1.54, 1.807) is 11.3 Å². The largest absolute Gasteiger partial charge is 0.370 e. The van der Waals surface area contributed by atoms with Crippen molar-refractivity contribution in [3.05, 3.63) is 57.2 Å². The quantitative estimate of drug-likeness (QED) is 0.657. The van der Waals surface area contributed by atoms with E-state index in [2.05, 4.69) is 27.8 Å². The molecular formula is C14H16ClN3S. The fraction of sp³-hybridized carbons (Fsp3) is 0.214. The number of nitrogens with two attached hydrogens (primary N) is 1. The molecule has 1 heterocycles. The Morgan fingerprint density at radius 3 is 2.84 bits per heavy atom. The Labute approximate surface area is 122 Å². The molecule has 19 heavy (non-hydrogen) atoms. The molecule has 0 radical (unpaired) electrons. The Hall–Kier alpha value is -1.52. The molecule has 1 aromatic heterocycles. The van der Waals surface area contributed by atoms with Crippen LogP contribution < -0.4 is 11.1 Å². The lowest BCUT2D eigenvalue weighted by Gasteiger charge is -2.05. The van der Waals surface area contributed by atoms with Crippen molar-refractivity contribution in [3.63, 3.8) is 0 Å². The highest BCUT2D eigenvalue weighted by Gasteiger charge is 1.98. The minimum Gasteiger partial charge on any atom is -0.370 e. The van der Waals surface area contributed by atoms with Gasteiger partial charge in [-0.05, 0) is 29.5 Å². The van der Waals surface area contributed by atoms with E-state index in [0.29, 0.717) is 12.5 Å². The van der Waals surface area contributed by atoms with Crippen LogP contribution in [0.3, 0.4) is 0 Å². The van der Waals surface area contributed by atoms with Crippen molar-refractivity contribution >= 4 is 28.9 Å². The monoisotopic (exact) mass is 293 g/mol. The van der Waals surface area contributed by atoms with Gasteiger partial charge in [0.1, 0.15) is 0 Å². The van der Waals surface area contributed by atoms with Gasteiger partial charge in [-0.25, -0.2) is 4.99 Å². The minimum absolute atomic E-state index is 0.455. The Morgan fingerprint density at radius 2 is 2.11 bits per heavy atom.